The smallest absolute Gasteiger partial charge is 0.317 e. The molecule has 0 saturated carbocycles. The van der Waals surface area contributed by atoms with E-state index in [0.29, 0.717) is 39.3 Å². The van der Waals surface area contributed by atoms with E-state index >= 15 is 0 Å². The van der Waals surface area contributed by atoms with E-state index in [-0.39, 0.29) is 37.1 Å². The van der Waals surface area contributed by atoms with Crippen LogP contribution in [0.1, 0.15) is 26.2 Å². The molecule has 3 aliphatic rings. The van der Waals surface area contributed by atoms with Crippen LogP contribution in [-0.4, -0.2) is 91.9 Å². The number of carbonyl (C=O) groups excluding carboxylic acids is 2. The summed E-state index contributed by atoms with van der Waals surface area (Å²) in [6.07, 6.45) is -0.471. The van der Waals surface area contributed by atoms with Gasteiger partial charge in [-0.25, -0.2) is 4.79 Å². The maximum atomic E-state index is 12.1. The first-order valence-electron chi connectivity index (χ1n) is 9.44. The third kappa shape index (κ3) is 4.64. The molecule has 0 radical (unpaired) electrons. The van der Waals surface area contributed by atoms with Gasteiger partial charge in [-0.1, -0.05) is 6.92 Å². The van der Waals surface area contributed by atoms with Crippen LogP contribution >= 0.6 is 0 Å². The number of nitrogens with one attached hydrogen (secondary N) is 2. The maximum absolute atomic E-state index is 12.1. The van der Waals surface area contributed by atoms with Gasteiger partial charge in [0, 0.05) is 32.6 Å². The summed E-state index contributed by atoms with van der Waals surface area (Å²) in [7, 11) is 0. The first-order valence-corrected chi connectivity index (χ1v) is 9.44. The number of carbonyl (C=O) groups is 2. The van der Waals surface area contributed by atoms with Gasteiger partial charge in [-0.15, -0.1) is 0 Å². The SMILES string of the molecule is CCCNC(=O)CC1CC2OC(CNC(=O)N3CCOCC3)C(O)C2O1. The quantitative estimate of drug-likeness (QED) is 0.566. The van der Waals surface area contributed by atoms with E-state index in [1.54, 1.807) is 4.90 Å². The number of aliphatic hydroxyl groups is 1. The molecule has 148 valence electrons. The van der Waals surface area contributed by atoms with Gasteiger partial charge in [-0.3, -0.25) is 4.79 Å². The Bertz CT molecular complexity index is 499. The molecule has 3 N–H and O–H groups in total. The summed E-state index contributed by atoms with van der Waals surface area (Å²) >= 11 is 0. The number of morpholine rings is 1. The summed E-state index contributed by atoms with van der Waals surface area (Å²) in [6, 6.07) is -0.174. The Morgan fingerprint density at radius 2 is 1.96 bits per heavy atom. The van der Waals surface area contributed by atoms with Gasteiger partial charge < -0.3 is 34.9 Å². The number of urea groups is 1. The highest BCUT2D eigenvalue weighted by Gasteiger charge is 2.50. The molecular formula is C17H29N3O6. The van der Waals surface area contributed by atoms with Crippen LogP contribution in [0.2, 0.25) is 0 Å². The zero-order chi connectivity index (χ0) is 18.5. The second kappa shape index (κ2) is 8.98. The highest BCUT2D eigenvalue weighted by Crippen LogP contribution is 2.35. The van der Waals surface area contributed by atoms with E-state index in [2.05, 4.69) is 10.6 Å². The lowest BCUT2D eigenvalue weighted by Gasteiger charge is -2.28. The lowest BCUT2D eigenvalue weighted by molar-refractivity contribution is -0.124. The van der Waals surface area contributed by atoms with Gasteiger partial charge in [0.25, 0.3) is 0 Å². The van der Waals surface area contributed by atoms with Crippen LogP contribution in [0.15, 0.2) is 0 Å². The number of amides is 3. The molecule has 3 saturated heterocycles. The third-order valence-corrected chi connectivity index (χ3v) is 5.02. The Morgan fingerprint density at radius 1 is 1.19 bits per heavy atom. The standard InChI is InChI=1S/C17H29N3O6/c1-2-3-18-14(21)9-11-8-12-16(25-11)15(22)13(26-12)10-19-17(23)20-4-6-24-7-5-20/h11-13,15-16,22H,2-10H2,1H3,(H,18,21)(H,19,23). The van der Waals surface area contributed by atoms with Crippen LogP contribution in [-0.2, 0) is 19.0 Å². The minimum absolute atomic E-state index is 0.0411. The minimum Gasteiger partial charge on any atom is -0.388 e. The summed E-state index contributed by atoms with van der Waals surface area (Å²) in [5, 5.41) is 16.1. The number of hydrogen-bond donors (Lipinski definition) is 3. The monoisotopic (exact) mass is 371 g/mol. The first kappa shape index (κ1) is 19.3. The van der Waals surface area contributed by atoms with Crippen LogP contribution in [0.4, 0.5) is 4.79 Å². The van der Waals surface area contributed by atoms with E-state index in [1.165, 1.54) is 0 Å². The lowest BCUT2D eigenvalue weighted by Crippen LogP contribution is -2.49. The molecule has 0 aromatic carbocycles. The fraction of sp³-hybridized carbons (Fsp3) is 0.882. The van der Waals surface area contributed by atoms with E-state index in [4.69, 9.17) is 14.2 Å². The second-order valence-electron chi connectivity index (χ2n) is 7.00. The highest BCUT2D eigenvalue weighted by molar-refractivity contribution is 5.76. The van der Waals surface area contributed by atoms with Crippen molar-refractivity contribution < 1.29 is 28.9 Å². The van der Waals surface area contributed by atoms with Crippen LogP contribution in [0.5, 0.6) is 0 Å². The topological polar surface area (TPSA) is 109 Å². The molecule has 26 heavy (non-hydrogen) atoms. The van der Waals surface area contributed by atoms with Crippen molar-refractivity contribution in [3.05, 3.63) is 0 Å². The Labute approximate surface area is 153 Å². The molecule has 3 heterocycles. The molecule has 0 aromatic rings. The molecule has 0 aromatic heterocycles. The van der Waals surface area contributed by atoms with Gasteiger partial charge >= 0.3 is 6.03 Å². The van der Waals surface area contributed by atoms with Crippen molar-refractivity contribution in [2.24, 2.45) is 0 Å². The van der Waals surface area contributed by atoms with Crippen molar-refractivity contribution in [3.8, 4) is 0 Å². The van der Waals surface area contributed by atoms with E-state index in [0.717, 1.165) is 6.42 Å². The molecule has 9 nitrogen and oxygen atoms in total. The van der Waals surface area contributed by atoms with Gasteiger partial charge in [-0.05, 0) is 6.42 Å². The Hall–Kier alpha value is -1.42. The van der Waals surface area contributed by atoms with E-state index in [1.807, 2.05) is 6.92 Å². The molecule has 3 amide bonds. The molecule has 5 atom stereocenters. The summed E-state index contributed by atoms with van der Waals surface area (Å²) in [5.74, 6) is -0.0411. The number of nitrogens with zero attached hydrogens (tertiary/aromatic N) is 1. The zero-order valence-electron chi connectivity index (χ0n) is 15.2. The van der Waals surface area contributed by atoms with Crippen LogP contribution in [0.3, 0.4) is 0 Å². The van der Waals surface area contributed by atoms with Gasteiger partial charge in [0.1, 0.15) is 18.3 Å². The Morgan fingerprint density at radius 3 is 2.65 bits per heavy atom. The molecular weight excluding hydrogens is 342 g/mol. The van der Waals surface area contributed by atoms with Crippen molar-refractivity contribution in [3.63, 3.8) is 0 Å². The van der Waals surface area contributed by atoms with Crippen molar-refractivity contribution in [2.75, 3.05) is 39.4 Å². The third-order valence-electron chi connectivity index (χ3n) is 5.02. The number of aliphatic hydroxyl groups excluding tert-OH is 1. The largest absolute Gasteiger partial charge is 0.388 e. The molecule has 3 fully saturated rings. The van der Waals surface area contributed by atoms with E-state index in [9.17, 15) is 14.7 Å². The second-order valence-corrected chi connectivity index (χ2v) is 7.00. The fourth-order valence-electron chi connectivity index (χ4n) is 3.62. The van der Waals surface area contributed by atoms with Gasteiger partial charge in [0.2, 0.25) is 5.91 Å². The van der Waals surface area contributed by atoms with Crippen molar-refractivity contribution in [1.29, 1.82) is 0 Å². The number of hydrogen-bond acceptors (Lipinski definition) is 6. The molecule has 0 aliphatic carbocycles. The predicted octanol–water partition coefficient (Wildman–Crippen LogP) is -0.770. The summed E-state index contributed by atoms with van der Waals surface area (Å²) in [6.45, 7) is 5.10. The molecule has 5 unspecified atom stereocenters. The predicted molar refractivity (Wildman–Crippen MR) is 91.7 cm³/mol. The average Bonchev–Trinajstić information content (AvgIpc) is 3.17. The lowest BCUT2D eigenvalue weighted by atomic mass is 10.1. The van der Waals surface area contributed by atoms with Crippen LogP contribution in [0, 0.1) is 0 Å². The highest BCUT2D eigenvalue weighted by atomic mass is 16.6. The Balaban J connectivity index is 1.40. The molecule has 0 bridgehead atoms. The molecule has 3 rings (SSSR count). The van der Waals surface area contributed by atoms with Gasteiger partial charge in [-0.2, -0.15) is 0 Å². The maximum Gasteiger partial charge on any atom is 0.317 e. The zero-order valence-corrected chi connectivity index (χ0v) is 15.2. The molecule has 9 heteroatoms. The minimum atomic E-state index is -0.811. The summed E-state index contributed by atoms with van der Waals surface area (Å²) in [5.41, 5.74) is 0. The van der Waals surface area contributed by atoms with Crippen LogP contribution < -0.4 is 10.6 Å². The molecule has 3 aliphatic heterocycles. The fourth-order valence-corrected chi connectivity index (χ4v) is 3.62. The average molecular weight is 371 g/mol. The van der Waals surface area contributed by atoms with Crippen molar-refractivity contribution >= 4 is 11.9 Å². The number of fused-ring (bicyclic) bond motifs is 1. The number of ether oxygens (including phenoxy) is 3. The normalized spacial score (nSPS) is 33.8. The summed E-state index contributed by atoms with van der Waals surface area (Å²) < 4.78 is 16.9. The Kier molecular flexibility index (Phi) is 6.68. The summed E-state index contributed by atoms with van der Waals surface area (Å²) in [4.78, 5) is 25.6. The molecule has 0 spiro atoms. The van der Waals surface area contributed by atoms with Crippen molar-refractivity contribution in [2.45, 2.75) is 56.7 Å². The first-order chi connectivity index (χ1) is 12.6. The van der Waals surface area contributed by atoms with E-state index < -0.39 is 18.3 Å². The van der Waals surface area contributed by atoms with Crippen LogP contribution in [0.25, 0.3) is 0 Å². The van der Waals surface area contributed by atoms with Gasteiger partial charge in [0.05, 0.1) is 31.8 Å². The number of rotatable bonds is 6. The van der Waals surface area contributed by atoms with Gasteiger partial charge in [0.15, 0.2) is 0 Å². The van der Waals surface area contributed by atoms with Crippen molar-refractivity contribution in [1.82, 2.24) is 15.5 Å².